The predicted octanol–water partition coefficient (Wildman–Crippen LogP) is 1.09. The lowest BCUT2D eigenvalue weighted by molar-refractivity contribution is 0.201. The van der Waals surface area contributed by atoms with Crippen molar-refractivity contribution in [1.29, 1.82) is 0 Å². The van der Waals surface area contributed by atoms with Gasteiger partial charge in [-0.1, -0.05) is 13.8 Å². The molecule has 4 nitrogen and oxygen atoms in total. The smallest absolute Gasteiger partial charge is 0.0587 e. The Hall–Kier alpha value is -0.870. The summed E-state index contributed by atoms with van der Waals surface area (Å²) in [6.07, 6.45) is 3.85. The van der Waals surface area contributed by atoms with Crippen molar-refractivity contribution in [1.82, 2.24) is 15.1 Å². The number of aliphatic hydroxyl groups excluding tert-OH is 1. The van der Waals surface area contributed by atoms with E-state index in [2.05, 4.69) is 31.2 Å². The zero-order valence-corrected chi connectivity index (χ0v) is 9.94. The number of hydrogen-bond donors (Lipinski definition) is 2. The van der Waals surface area contributed by atoms with Gasteiger partial charge in [0.2, 0.25) is 0 Å². The Bertz CT molecular complexity index is 296. The molecule has 86 valence electrons. The molecule has 0 aromatic carbocycles. The second kappa shape index (κ2) is 5.28. The molecule has 0 saturated heterocycles. The van der Waals surface area contributed by atoms with E-state index in [4.69, 9.17) is 0 Å². The molecule has 0 fully saturated rings. The van der Waals surface area contributed by atoms with Crippen molar-refractivity contribution < 1.29 is 5.11 Å². The molecule has 1 aromatic heterocycles. The Kier molecular flexibility index (Phi) is 4.29. The van der Waals surface area contributed by atoms with Gasteiger partial charge in [-0.25, -0.2) is 0 Å². The van der Waals surface area contributed by atoms with Crippen LogP contribution in [-0.2, 0) is 7.05 Å². The van der Waals surface area contributed by atoms with E-state index in [0.717, 1.165) is 5.56 Å². The third kappa shape index (κ3) is 3.32. The first-order valence-electron chi connectivity index (χ1n) is 5.40. The maximum atomic E-state index is 9.21. The number of aliphatic hydroxyl groups is 1. The highest BCUT2D eigenvalue weighted by Gasteiger charge is 2.16. The Balaban J connectivity index is 2.58. The van der Waals surface area contributed by atoms with Gasteiger partial charge in [0.25, 0.3) is 0 Å². The molecule has 1 rings (SSSR count). The van der Waals surface area contributed by atoms with E-state index in [1.54, 1.807) is 4.68 Å². The molecule has 0 spiro atoms. The third-order valence-electron chi connectivity index (χ3n) is 2.69. The van der Waals surface area contributed by atoms with Crippen LogP contribution in [0.3, 0.4) is 0 Å². The first-order valence-corrected chi connectivity index (χ1v) is 5.40. The van der Waals surface area contributed by atoms with Crippen molar-refractivity contribution in [2.75, 3.05) is 6.61 Å². The molecule has 0 amide bonds. The number of aromatic nitrogens is 2. The highest BCUT2D eigenvalue weighted by atomic mass is 16.3. The molecule has 2 N–H and O–H groups in total. The fourth-order valence-electron chi connectivity index (χ4n) is 1.54. The van der Waals surface area contributed by atoms with Gasteiger partial charge in [-0.2, -0.15) is 5.10 Å². The number of nitrogens with one attached hydrogen (secondary N) is 1. The molecule has 0 radical (unpaired) electrons. The topological polar surface area (TPSA) is 50.1 Å². The van der Waals surface area contributed by atoms with Crippen molar-refractivity contribution in [3.05, 3.63) is 18.0 Å². The number of nitrogens with zero attached hydrogens (tertiary/aromatic N) is 2. The van der Waals surface area contributed by atoms with Gasteiger partial charge in [0.15, 0.2) is 0 Å². The molecular formula is C11H21N3O. The van der Waals surface area contributed by atoms with Crippen LogP contribution in [0.25, 0.3) is 0 Å². The maximum absolute atomic E-state index is 9.21. The summed E-state index contributed by atoms with van der Waals surface area (Å²) in [5, 5.41) is 16.7. The van der Waals surface area contributed by atoms with Crippen LogP contribution < -0.4 is 5.32 Å². The van der Waals surface area contributed by atoms with Crippen molar-refractivity contribution in [3.8, 4) is 0 Å². The highest BCUT2D eigenvalue weighted by molar-refractivity contribution is 5.09. The Labute approximate surface area is 91.3 Å². The summed E-state index contributed by atoms with van der Waals surface area (Å²) in [4.78, 5) is 0. The standard InChI is InChI=1S/C11H21N3O/c1-8(2)11(7-15)13-9(3)10-5-12-14(4)6-10/h5-6,8-9,11,13,15H,7H2,1-4H3/t9?,11-/m1/s1. The fraction of sp³-hybridized carbons (Fsp3) is 0.727. The first-order chi connectivity index (χ1) is 7.04. The molecule has 2 atom stereocenters. The minimum absolute atomic E-state index is 0.139. The number of aryl methyl sites for hydroxylation is 1. The lowest BCUT2D eigenvalue weighted by atomic mass is 10.0. The van der Waals surface area contributed by atoms with Gasteiger partial charge in [-0.15, -0.1) is 0 Å². The van der Waals surface area contributed by atoms with E-state index in [1.165, 1.54) is 0 Å². The molecule has 1 aromatic rings. The van der Waals surface area contributed by atoms with Gasteiger partial charge in [0, 0.05) is 30.9 Å². The van der Waals surface area contributed by atoms with Crippen LogP contribution in [-0.4, -0.2) is 27.5 Å². The van der Waals surface area contributed by atoms with Crippen LogP contribution >= 0.6 is 0 Å². The van der Waals surface area contributed by atoms with E-state index in [-0.39, 0.29) is 18.7 Å². The second-order valence-electron chi connectivity index (χ2n) is 4.37. The van der Waals surface area contributed by atoms with Gasteiger partial charge >= 0.3 is 0 Å². The molecule has 0 bridgehead atoms. The summed E-state index contributed by atoms with van der Waals surface area (Å²) in [6.45, 7) is 6.46. The molecule has 1 heterocycles. The monoisotopic (exact) mass is 211 g/mol. The Morgan fingerprint density at radius 1 is 1.47 bits per heavy atom. The van der Waals surface area contributed by atoms with Crippen LogP contribution in [0.1, 0.15) is 32.4 Å². The molecule has 0 saturated carbocycles. The summed E-state index contributed by atoms with van der Waals surface area (Å²) in [6, 6.07) is 0.360. The molecule has 0 aliphatic heterocycles. The summed E-state index contributed by atoms with van der Waals surface area (Å²) in [7, 11) is 1.90. The molecule has 0 aliphatic carbocycles. The van der Waals surface area contributed by atoms with Crippen molar-refractivity contribution in [2.45, 2.75) is 32.9 Å². The van der Waals surface area contributed by atoms with Crippen molar-refractivity contribution in [3.63, 3.8) is 0 Å². The predicted molar refractivity (Wildman–Crippen MR) is 60.5 cm³/mol. The fourth-order valence-corrected chi connectivity index (χ4v) is 1.54. The Morgan fingerprint density at radius 3 is 2.53 bits per heavy atom. The normalized spacial score (nSPS) is 15.6. The average Bonchev–Trinajstić information content (AvgIpc) is 2.60. The summed E-state index contributed by atoms with van der Waals surface area (Å²) in [5.74, 6) is 0.425. The van der Waals surface area contributed by atoms with Gasteiger partial charge in [-0.05, 0) is 12.8 Å². The molecule has 4 heteroatoms. The highest BCUT2D eigenvalue weighted by Crippen LogP contribution is 2.13. The van der Waals surface area contributed by atoms with Crippen LogP contribution in [0.15, 0.2) is 12.4 Å². The van der Waals surface area contributed by atoms with E-state index in [1.807, 2.05) is 19.4 Å². The number of hydrogen-bond acceptors (Lipinski definition) is 3. The summed E-state index contributed by atoms with van der Waals surface area (Å²) >= 11 is 0. The van der Waals surface area contributed by atoms with Gasteiger partial charge in [-0.3, -0.25) is 4.68 Å². The molecule has 15 heavy (non-hydrogen) atoms. The average molecular weight is 211 g/mol. The maximum Gasteiger partial charge on any atom is 0.0587 e. The van der Waals surface area contributed by atoms with E-state index >= 15 is 0 Å². The van der Waals surface area contributed by atoms with Gasteiger partial charge in [0.05, 0.1) is 12.8 Å². The third-order valence-corrected chi connectivity index (χ3v) is 2.69. The van der Waals surface area contributed by atoms with E-state index in [0.29, 0.717) is 5.92 Å². The Morgan fingerprint density at radius 2 is 2.13 bits per heavy atom. The van der Waals surface area contributed by atoms with Crippen molar-refractivity contribution in [2.24, 2.45) is 13.0 Å². The summed E-state index contributed by atoms with van der Waals surface area (Å²) < 4.78 is 1.79. The van der Waals surface area contributed by atoms with E-state index < -0.39 is 0 Å². The zero-order chi connectivity index (χ0) is 11.4. The van der Waals surface area contributed by atoms with Crippen LogP contribution in [0.5, 0.6) is 0 Å². The quantitative estimate of drug-likeness (QED) is 0.766. The largest absolute Gasteiger partial charge is 0.395 e. The van der Waals surface area contributed by atoms with Crippen LogP contribution in [0.4, 0.5) is 0 Å². The lowest BCUT2D eigenvalue weighted by Gasteiger charge is -2.24. The van der Waals surface area contributed by atoms with Crippen LogP contribution in [0, 0.1) is 5.92 Å². The SMILES string of the molecule is CC(N[C@H](CO)C(C)C)c1cnn(C)c1. The zero-order valence-electron chi connectivity index (χ0n) is 9.94. The van der Waals surface area contributed by atoms with Crippen molar-refractivity contribution >= 4 is 0 Å². The first kappa shape index (κ1) is 12.2. The number of rotatable bonds is 5. The lowest BCUT2D eigenvalue weighted by Crippen LogP contribution is -2.38. The molecule has 1 unspecified atom stereocenters. The van der Waals surface area contributed by atoms with E-state index in [9.17, 15) is 5.11 Å². The summed E-state index contributed by atoms with van der Waals surface area (Å²) in [5.41, 5.74) is 1.15. The minimum atomic E-state index is 0.139. The van der Waals surface area contributed by atoms with Gasteiger partial charge < -0.3 is 10.4 Å². The molecule has 0 aliphatic rings. The second-order valence-corrected chi connectivity index (χ2v) is 4.37. The van der Waals surface area contributed by atoms with Gasteiger partial charge in [0.1, 0.15) is 0 Å². The molecular weight excluding hydrogens is 190 g/mol. The van der Waals surface area contributed by atoms with Crippen LogP contribution in [0.2, 0.25) is 0 Å². The minimum Gasteiger partial charge on any atom is -0.395 e.